The first-order chi connectivity index (χ1) is 12.5. The quantitative estimate of drug-likeness (QED) is 0.750. The molecule has 1 amide bonds. The highest BCUT2D eigenvalue weighted by Crippen LogP contribution is 2.52. The monoisotopic (exact) mass is 383 g/mol. The minimum absolute atomic E-state index is 0.0190. The molecule has 2 fully saturated rings. The first-order valence-electron chi connectivity index (χ1n) is 8.25. The van der Waals surface area contributed by atoms with Crippen molar-refractivity contribution in [1.29, 1.82) is 0 Å². The Balaban J connectivity index is 1.59. The van der Waals surface area contributed by atoms with Crippen LogP contribution in [0.5, 0.6) is 0 Å². The number of rotatable bonds is 4. The number of anilines is 1. The molecule has 12 heteroatoms. The van der Waals surface area contributed by atoms with Gasteiger partial charge in [-0.15, -0.1) is 0 Å². The number of amides is 1. The van der Waals surface area contributed by atoms with E-state index < -0.39 is 26.3 Å². The molecule has 2 aliphatic heterocycles. The first kappa shape index (κ1) is 17.5. The Morgan fingerprint density at radius 1 is 1.42 bits per heavy atom. The van der Waals surface area contributed by atoms with E-state index in [4.69, 9.17) is 13.8 Å². The summed E-state index contributed by atoms with van der Waals surface area (Å²) in [6.45, 7) is 1.90. The average Bonchev–Trinajstić information content (AvgIpc) is 3.17. The molecule has 0 spiro atoms. The fourth-order valence-electron chi connectivity index (χ4n) is 3.08. The summed E-state index contributed by atoms with van der Waals surface area (Å²) >= 11 is 0. The maximum atomic E-state index is 11.8. The summed E-state index contributed by atoms with van der Waals surface area (Å²) in [6.07, 6.45) is 2.87. The normalized spacial score (nSPS) is 31.1. The van der Waals surface area contributed by atoms with E-state index in [1.54, 1.807) is 4.57 Å². The van der Waals surface area contributed by atoms with Crippen LogP contribution in [0.2, 0.25) is 0 Å². The molecule has 0 aromatic carbocycles. The highest BCUT2D eigenvalue weighted by atomic mass is 31.2. The lowest BCUT2D eigenvalue weighted by Gasteiger charge is -2.26. The number of hydrogen-bond donors (Lipinski definition) is 2. The molecule has 2 aromatic heterocycles. The summed E-state index contributed by atoms with van der Waals surface area (Å²) in [4.78, 5) is 33.9. The number of phosphoric ester groups is 1. The molecule has 0 saturated carbocycles. The minimum Gasteiger partial charge on any atom is -0.349 e. The number of fused-ring (bicyclic) bond motifs is 2. The van der Waals surface area contributed by atoms with Crippen molar-refractivity contribution >= 4 is 30.7 Å². The van der Waals surface area contributed by atoms with Crippen LogP contribution in [0.3, 0.4) is 0 Å². The van der Waals surface area contributed by atoms with Gasteiger partial charge in [0.15, 0.2) is 17.0 Å². The lowest BCUT2D eigenvalue weighted by atomic mass is 10.2. The zero-order chi connectivity index (χ0) is 18.3. The first-order valence-corrected chi connectivity index (χ1v) is 9.75. The average molecular weight is 383 g/mol. The van der Waals surface area contributed by atoms with Gasteiger partial charge < -0.3 is 14.9 Å². The van der Waals surface area contributed by atoms with Gasteiger partial charge in [-0.3, -0.25) is 18.4 Å². The van der Waals surface area contributed by atoms with E-state index in [9.17, 15) is 14.3 Å². The number of phosphoric acid groups is 1. The fourth-order valence-corrected chi connectivity index (χ4v) is 4.04. The standard InChI is InChI=1S/C14H18N5O6P/c1-2-3-10(20)18-13-12-14(16-6-15-13)19(7-17-12)11-4-8-9(24-11)5-23-26(21,22)25-8/h6-9,11H,2-5H2,1H3,(H,21,22)(H,15,16,18,20)/t8-,9-,11-/m1/s1. The van der Waals surface area contributed by atoms with Crippen molar-refractivity contribution < 1.29 is 28.0 Å². The Bertz CT molecular complexity index is 888. The number of nitrogens with zero attached hydrogens (tertiary/aromatic N) is 4. The molecule has 1 unspecified atom stereocenters. The second-order valence-corrected chi connectivity index (χ2v) is 7.52. The number of hydrogen-bond acceptors (Lipinski definition) is 8. The van der Waals surface area contributed by atoms with E-state index in [0.29, 0.717) is 29.8 Å². The van der Waals surface area contributed by atoms with Crippen LogP contribution in [0.15, 0.2) is 12.7 Å². The molecule has 4 atom stereocenters. The third kappa shape index (κ3) is 3.24. The molecule has 2 aliphatic rings. The van der Waals surface area contributed by atoms with Crippen LogP contribution < -0.4 is 5.32 Å². The van der Waals surface area contributed by atoms with Gasteiger partial charge in [-0.05, 0) is 6.42 Å². The summed E-state index contributed by atoms with van der Waals surface area (Å²) in [5.74, 6) is 0.191. The van der Waals surface area contributed by atoms with Crippen LogP contribution in [-0.4, -0.2) is 49.1 Å². The number of aromatic nitrogens is 4. The lowest BCUT2D eigenvalue weighted by molar-refractivity contribution is -0.116. The molecule has 140 valence electrons. The van der Waals surface area contributed by atoms with Crippen molar-refractivity contribution in [2.45, 2.75) is 44.6 Å². The van der Waals surface area contributed by atoms with Gasteiger partial charge in [-0.1, -0.05) is 6.92 Å². The van der Waals surface area contributed by atoms with Crippen LogP contribution in [-0.2, 0) is 23.1 Å². The highest BCUT2D eigenvalue weighted by molar-refractivity contribution is 7.47. The summed E-state index contributed by atoms with van der Waals surface area (Å²) in [6, 6.07) is 0. The number of nitrogens with one attached hydrogen (secondary N) is 1. The van der Waals surface area contributed by atoms with Gasteiger partial charge in [0, 0.05) is 12.8 Å². The maximum Gasteiger partial charge on any atom is 0.472 e. The third-order valence-electron chi connectivity index (χ3n) is 4.25. The maximum absolute atomic E-state index is 11.8. The van der Waals surface area contributed by atoms with Crippen LogP contribution in [0, 0.1) is 0 Å². The van der Waals surface area contributed by atoms with Crippen LogP contribution in [0.1, 0.15) is 32.4 Å². The predicted octanol–water partition coefficient (Wildman–Crippen LogP) is 1.37. The zero-order valence-corrected chi connectivity index (χ0v) is 14.8. The molecule has 11 nitrogen and oxygen atoms in total. The molecule has 2 aromatic rings. The number of imidazole rings is 1. The molecule has 4 heterocycles. The second kappa shape index (κ2) is 6.67. The predicted molar refractivity (Wildman–Crippen MR) is 88.0 cm³/mol. The van der Waals surface area contributed by atoms with Gasteiger partial charge in [-0.25, -0.2) is 19.5 Å². The van der Waals surface area contributed by atoms with Crippen molar-refractivity contribution in [1.82, 2.24) is 19.5 Å². The Morgan fingerprint density at radius 2 is 2.27 bits per heavy atom. The SMILES string of the molecule is CCCC(=O)Nc1ncnc2c1ncn2[C@H]1C[C@H]2OP(=O)(O)OC[C@H]2O1. The zero-order valence-electron chi connectivity index (χ0n) is 13.9. The van der Waals surface area contributed by atoms with E-state index >= 15 is 0 Å². The van der Waals surface area contributed by atoms with Gasteiger partial charge in [-0.2, -0.15) is 0 Å². The summed E-state index contributed by atoms with van der Waals surface area (Å²) < 4.78 is 29.0. The topological polar surface area (TPSA) is 138 Å². The Labute approximate surface area is 148 Å². The summed E-state index contributed by atoms with van der Waals surface area (Å²) in [5, 5.41) is 2.73. The third-order valence-corrected chi connectivity index (χ3v) is 5.27. The summed E-state index contributed by atoms with van der Waals surface area (Å²) in [5.41, 5.74) is 0.934. The molecule has 2 saturated heterocycles. The molecule has 4 rings (SSSR count). The highest BCUT2D eigenvalue weighted by Gasteiger charge is 2.46. The van der Waals surface area contributed by atoms with Crippen LogP contribution in [0.25, 0.3) is 11.2 Å². The van der Waals surface area contributed by atoms with Crippen molar-refractivity contribution in [3.05, 3.63) is 12.7 Å². The second-order valence-electron chi connectivity index (χ2n) is 6.12. The van der Waals surface area contributed by atoms with Gasteiger partial charge in [0.2, 0.25) is 5.91 Å². The molecular weight excluding hydrogens is 365 g/mol. The lowest BCUT2D eigenvalue weighted by Crippen LogP contribution is -2.32. The van der Waals surface area contributed by atoms with Gasteiger partial charge >= 0.3 is 7.82 Å². The van der Waals surface area contributed by atoms with E-state index in [1.165, 1.54) is 12.7 Å². The number of ether oxygens (including phenoxy) is 1. The van der Waals surface area contributed by atoms with E-state index in [-0.39, 0.29) is 12.5 Å². The number of carbonyl (C=O) groups is 1. The van der Waals surface area contributed by atoms with E-state index in [2.05, 4.69) is 20.3 Å². The van der Waals surface area contributed by atoms with E-state index in [1.807, 2.05) is 6.92 Å². The van der Waals surface area contributed by atoms with Crippen molar-refractivity contribution in [2.75, 3.05) is 11.9 Å². The molecule has 2 N–H and O–H groups in total. The molecule has 26 heavy (non-hydrogen) atoms. The minimum atomic E-state index is -4.02. The van der Waals surface area contributed by atoms with Crippen molar-refractivity contribution in [3.8, 4) is 0 Å². The van der Waals surface area contributed by atoms with Crippen molar-refractivity contribution in [3.63, 3.8) is 0 Å². The van der Waals surface area contributed by atoms with Gasteiger partial charge in [0.25, 0.3) is 0 Å². The largest absolute Gasteiger partial charge is 0.472 e. The van der Waals surface area contributed by atoms with Crippen LogP contribution in [0.4, 0.5) is 5.82 Å². The smallest absolute Gasteiger partial charge is 0.349 e. The molecule has 0 radical (unpaired) electrons. The van der Waals surface area contributed by atoms with Gasteiger partial charge in [0.05, 0.1) is 12.9 Å². The Morgan fingerprint density at radius 3 is 3.08 bits per heavy atom. The number of carbonyl (C=O) groups excluding carboxylic acids is 1. The molecule has 0 aliphatic carbocycles. The molecule has 0 bridgehead atoms. The van der Waals surface area contributed by atoms with Crippen LogP contribution >= 0.6 is 7.82 Å². The van der Waals surface area contributed by atoms with E-state index in [0.717, 1.165) is 6.42 Å². The van der Waals surface area contributed by atoms with Crippen molar-refractivity contribution in [2.24, 2.45) is 0 Å². The Kier molecular flexibility index (Phi) is 4.49. The molecular formula is C14H18N5O6P. The fraction of sp³-hybridized carbons (Fsp3) is 0.571. The summed E-state index contributed by atoms with van der Waals surface area (Å²) in [7, 11) is -4.02. The van der Waals surface area contributed by atoms with Gasteiger partial charge in [0.1, 0.15) is 24.8 Å². The Hall–Kier alpha value is -1.91.